The molecule has 0 atom stereocenters. The Labute approximate surface area is 143 Å². The first-order valence-electron chi connectivity index (χ1n) is 7.80. The van der Waals surface area contributed by atoms with Gasteiger partial charge in [0.1, 0.15) is 0 Å². The molecule has 1 amide bonds. The zero-order valence-corrected chi connectivity index (χ0v) is 14.5. The van der Waals surface area contributed by atoms with Crippen molar-refractivity contribution in [2.75, 3.05) is 17.2 Å². The van der Waals surface area contributed by atoms with Crippen LogP contribution in [0.5, 0.6) is 0 Å². The lowest BCUT2D eigenvalue weighted by Gasteiger charge is -2.30. The summed E-state index contributed by atoms with van der Waals surface area (Å²) in [6.45, 7) is 4.90. The molecule has 2 aromatic rings. The summed E-state index contributed by atoms with van der Waals surface area (Å²) in [5.74, 6) is 0.153. The van der Waals surface area contributed by atoms with Gasteiger partial charge in [0.2, 0.25) is 5.91 Å². The lowest BCUT2D eigenvalue weighted by molar-refractivity contribution is -0.118. The molecule has 3 nitrogen and oxygen atoms in total. The number of nitrogens with zero attached hydrogens (tertiary/aromatic N) is 1. The number of benzene rings is 2. The van der Waals surface area contributed by atoms with E-state index in [1.54, 1.807) is 0 Å². The summed E-state index contributed by atoms with van der Waals surface area (Å²) in [6.07, 6.45) is 2.37. The van der Waals surface area contributed by atoms with Crippen molar-refractivity contribution in [2.24, 2.45) is 0 Å². The highest BCUT2D eigenvalue weighted by Crippen LogP contribution is 2.31. The number of nitrogen functional groups attached to an aromatic ring is 1. The van der Waals surface area contributed by atoms with Gasteiger partial charge in [0.05, 0.1) is 6.42 Å². The van der Waals surface area contributed by atoms with Crippen LogP contribution in [-0.4, -0.2) is 12.5 Å². The first-order valence-corrected chi connectivity index (χ1v) is 7.80. The number of aryl methyl sites for hydroxylation is 2. The molecule has 23 heavy (non-hydrogen) atoms. The molecule has 0 aromatic heterocycles. The molecule has 0 bridgehead atoms. The summed E-state index contributed by atoms with van der Waals surface area (Å²) in [5, 5.41) is 0. The minimum Gasteiger partial charge on any atom is -0.398 e. The monoisotopic (exact) mass is 330 g/mol. The maximum Gasteiger partial charge on any atom is 0.231 e. The molecule has 0 saturated heterocycles. The lowest BCUT2D eigenvalue weighted by Crippen LogP contribution is -2.36. The Balaban J connectivity index is 0.00000192. The van der Waals surface area contributed by atoms with Gasteiger partial charge in [-0.15, -0.1) is 12.4 Å². The van der Waals surface area contributed by atoms with E-state index < -0.39 is 0 Å². The minimum absolute atomic E-state index is 0. The molecule has 2 N–H and O–H groups in total. The summed E-state index contributed by atoms with van der Waals surface area (Å²) < 4.78 is 0. The quantitative estimate of drug-likeness (QED) is 0.851. The molecule has 0 saturated carbocycles. The summed E-state index contributed by atoms with van der Waals surface area (Å²) >= 11 is 0. The lowest BCUT2D eigenvalue weighted by atomic mass is 9.98. The number of nitrogens with two attached hydrogens (primary N) is 1. The Kier molecular flexibility index (Phi) is 5.32. The number of carbonyl (C=O) groups is 1. The topological polar surface area (TPSA) is 46.3 Å². The van der Waals surface area contributed by atoms with E-state index in [0.29, 0.717) is 6.42 Å². The number of halogens is 1. The van der Waals surface area contributed by atoms with Crippen LogP contribution in [-0.2, 0) is 17.6 Å². The second-order valence-electron chi connectivity index (χ2n) is 6.10. The fourth-order valence-electron chi connectivity index (χ4n) is 3.16. The first kappa shape index (κ1) is 17.4. The second-order valence-corrected chi connectivity index (χ2v) is 6.10. The fourth-order valence-corrected chi connectivity index (χ4v) is 3.16. The van der Waals surface area contributed by atoms with Crippen LogP contribution in [0.1, 0.15) is 28.7 Å². The molecule has 0 radical (unpaired) electrons. The van der Waals surface area contributed by atoms with Crippen LogP contribution in [0.3, 0.4) is 0 Å². The fraction of sp³-hybridized carbons (Fsp3) is 0.316. The van der Waals surface area contributed by atoms with Gasteiger partial charge in [0.25, 0.3) is 0 Å². The van der Waals surface area contributed by atoms with Crippen LogP contribution in [0.2, 0.25) is 0 Å². The van der Waals surface area contributed by atoms with Crippen LogP contribution < -0.4 is 10.6 Å². The number of amides is 1. The molecule has 4 heteroatoms. The van der Waals surface area contributed by atoms with E-state index in [2.05, 4.69) is 32.0 Å². The average molecular weight is 331 g/mol. The van der Waals surface area contributed by atoms with E-state index in [0.717, 1.165) is 41.9 Å². The van der Waals surface area contributed by atoms with Gasteiger partial charge in [-0.2, -0.15) is 0 Å². The predicted molar refractivity (Wildman–Crippen MR) is 98.4 cm³/mol. The van der Waals surface area contributed by atoms with Crippen molar-refractivity contribution in [1.82, 2.24) is 0 Å². The van der Waals surface area contributed by atoms with E-state index >= 15 is 0 Å². The molecule has 1 heterocycles. The number of carbonyl (C=O) groups excluding carboxylic acids is 1. The summed E-state index contributed by atoms with van der Waals surface area (Å²) in [6, 6.07) is 12.1. The molecule has 3 rings (SSSR count). The molecule has 2 aromatic carbocycles. The Hall–Kier alpha value is -2.00. The molecule has 0 unspecified atom stereocenters. The van der Waals surface area contributed by atoms with E-state index in [4.69, 9.17) is 5.73 Å². The molecule has 1 aliphatic rings. The highest BCUT2D eigenvalue weighted by atomic mass is 35.5. The smallest absolute Gasteiger partial charge is 0.231 e. The van der Waals surface area contributed by atoms with Crippen molar-refractivity contribution in [2.45, 2.75) is 33.1 Å². The number of hydrogen-bond acceptors (Lipinski definition) is 2. The molecule has 1 aliphatic heterocycles. The van der Waals surface area contributed by atoms with E-state index in [9.17, 15) is 4.79 Å². The molecule has 0 spiro atoms. The Morgan fingerprint density at radius 3 is 2.78 bits per heavy atom. The van der Waals surface area contributed by atoms with Gasteiger partial charge in [-0.1, -0.05) is 29.8 Å². The molecular formula is C19H23ClN2O. The Morgan fingerprint density at radius 1 is 1.22 bits per heavy atom. The molecule has 0 fully saturated rings. The second kappa shape index (κ2) is 7.05. The maximum atomic E-state index is 12.8. The average Bonchev–Trinajstić information content (AvgIpc) is 2.51. The van der Waals surface area contributed by atoms with Crippen molar-refractivity contribution in [1.29, 1.82) is 0 Å². The normalized spacial score (nSPS) is 13.2. The van der Waals surface area contributed by atoms with Gasteiger partial charge >= 0.3 is 0 Å². The maximum absolute atomic E-state index is 12.8. The standard InChI is InChI=1S/C19H22N2O.ClH/c1-13-8-9-14(2)15(11-13)12-19(22)21-10-4-5-16-17(20)6-3-7-18(16)21;/h3,6-9,11H,4-5,10,12,20H2,1-2H3;1H. The van der Waals surface area contributed by atoms with Crippen molar-refractivity contribution in [3.8, 4) is 0 Å². The zero-order valence-electron chi connectivity index (χ0n) is 13.6. The molecule has 0 aliphatic carbocycles. The molecule has 122 valence electrons. The third kappa shape index (κ3) is 3.50. The zero-order chi connectivity index (χ0) is 15.7. The van der Waals surface area contributed by atoms with Gasteiger partial charge in [-0.05, 0) is 55.5 Å². The molecular weight excluding hydrogens is 308 g/mol. The van der Waals surface area contributed by atoms with Crippen molar-refractivity contribution in [3.63, 3.8) is 0 Å². The van der Waals surface area contributed by atoms with Crippen LogP contribution in [0, 0.1) is 13.8 Å². The van der Waals surface area contributed by atoms with Crippen LogP contribution in [0.25, 0.3) is 0 Å². The van der Waals surface area contributed by atoms with Gasteiger partial charge < -0.3 is 10.6 Å². The van der Waals surface area contributed by atoms with Crippen molar-refractivity contribution >= 4 is 29.7 Å². The van der Waals surface area contributed by atoms with Crippen LogP contribution >= 0.6 is 12.4 Å². The van der Waals surface area contributed by atoms with Gasteiger partial charge in [0.15, 0.2) is 0 Å². The van der Waals surface area contributed by atoms with Crippen molar-refractivity contribution in [3.05, 3.63) is 58.7 Å². The van der Waals surface area contributed by atoms with Crippen molar-refractivity contribution < 1.29 is 4.79 Å². The van der Waals surface area contributed by atoms with Crippen LogP contribution in [0.4, 0.5) is 11.4 Å². The van der Waals surface area contributed by atoms with Gasteiger partial charge in [0, 0.05) is 17.9 Å². The summed E-state index contributed by atoms with van der Waals surface area (Å²) in [5.41, 5.74) is 12.4. The summed E-state index contributed by atoms with van der Waals surface area (Å²) in [7, 11) is 0. The Bertz CT molecular complexity index is 727. The van der Waals surface area contributed by atoms with Gasteiger partial charge in [-0.3, -0.25) is 4.79 Å². The van der Waals surface area contributed by atoms with E-state index in [-0.39, 0.29) is 18.3 Å². The Morgan fingerprint density at radius 2 is 2.00 bits per heavy atom. The highest BCUT2D eigenvalue weighted by molar-refractivity contribution is 5.96. The minimum atomic E-state index is 0. The van der Waals surface area contributed by atoms with Gasteiger partial charge in [-0.25, -0.2) is 0 Å². The SMILES string of the molecule is Cc1ccc(C)c(CC(=O)N2CCCc3c(N)cccc32)c1.Cl. The highest BCUT2D eigenvalue weighted by Gasteiger charge is 2.24. The summed E-state index contributed by atoms with van der Waals surface area (Å²) in [4.78, 5) is 14.7. The number of anilines is 2. The number of hydrogen-bond donors (Lipinski definition) is 1. The predicted octanol–water partition coefficient (Wildman–Crippen LogP) is 3.83. The third-order valence-corrected chi connectivity index (χ3v) is 4.43. The third-order valence-electron chi connectivity index (χ3n) is 4.43. The van der Waals surface area contributed by atoms with E-state index in [1.165, 1.54) is 11.1 Å². The number of rotatable bonds is 2. The van der Waals surface area contributed by atoms with E-state index in [1.807, 2.05) is 23.1 Å². The number of fused-ring (bicyclic) bond motifs is 1. The first-order chi connectivity index (χ1) is 10.6. The van der Waals surface area contributed by atoms with Crippen LogP contribution in [0.15, 0.2) is 36.4 Å². The largest absolute Gasteiger partial charge is 0.398 e.